The Labute approximate surface area is 222 Å². The highest BCUT2D eigenvalue weighted by Crippen LogP contribution is 2.32. The van der Waals surface area contributed by atoms with Gasteiger partial charge in [-0.3, -0.25) is 0 Å². The summed E-state index contributed by atoms with van der Waals surface area (Å²) < 4.78 is 31.9. The summed E-state index contributed by atoms with van der Waals surface area (Å²) in [6.07, 6.45) is 0. The van der Waals surface area contributed by atoms with Crippen molar-refractivity contribution in [1.29, 1.82) is 0 Å². The number of nitrogen functional groups attached to an aromatic ring is 1. The molecule has 3 aromatic rings. The van der Waals surface area contributed by atoms with E-state index in [1.165, 1.54) is 6.07 Å². The van der Waals surface area contributed by atoms with E-state index in [2.05, 4.69) is 37.6 Å². The molecule has 0 unspecified atom stereocenters. The van der Waals surface area contributed by atoms with E-state index in [-0.39, 0.29) is 23.3 Å². The van der Waals surface area contributed by atoms with Crippen LogP contribution >= 0.6 is 0 Å². The molecule has 0 spiro atoms. The summed E-state index contributed by atoms with van der Waals surface area (Å²) in [5, 5.41) is 9.32. The fourth-order valence-corrected chi connectivity index (χ4v) is 5.40. The minimum absolute atomic E-state index is 0.0232. The highest BCUT2D eigenvalue weighted by atomic mass is 32.2. The first-order valence-corrected chi connectivity index (χ1v) is 13.9. The topological polar surface area (TPSA) is 148 Å². The number of piperazine rings is 1. The molecule has 0 saturated carbocycles. The highest BCUT2D eigenvalue weighted by molar-refractivity contribution is 7.92. The van der Waals surface area contributed by atoms with Crippen LogP contribution < -0.4 is 26.0 Å². The maximum atomic E-state index is 12.8. The van der Waals surface area contributed by atoms with Gasteiger partial charge in [-0.1, -0.05) is 18.2 Å². The number of aromatic nitrogens is 3. The molecule has 1 saturated heterocycles. The molecule has 38 heavy (non-hydrogen) atoms. The molecule has 1 fully saturated rings. The number of carbonyl (C=O) groups excluding carboxylic acids is 1. The maximum absolute atomic E-state index is 12.8. The van der Waals surface area contributed by atoms with Gasteiger partial charge in [0.2, 0.25) is 11.9 Å². The normalized spacial score (nSPS) is 14.5. The Hall–Kier alpha value is -3.84. The van der Waals surface area contributed by atoms with Crippen LogP contribution in [0, 0.1) is 0 Å². The molecule has 0 aliphatic carbocycles. The molecule has 1 amide bonds. The third-order valence-electron chi connectivity index (χ3n) is 6.45. The van der Waals surface area contributed by atoms with Crippen LogP contribution in [0.3, 0.4) is 0 Å². The van der Waals surface area contributed by atoms with Crippen LogP contribution in [0.15, 0.2) is 47.4 Å². The molecule has 0 bridgehead atoms. The second kappa shape index (κ2) is 11.3. The number of benzene rings is 2. The molecule has 0 atom stereocenters. The third kappa shape index (κ3) is 5.83. The Balaban J connectivity index is 1.46. The van der Waals surface area contributed by atoms with Gasteiger partial charge in [0.05, 0.1) is 22.9 Å². The lowest BCUT2D eigenvalue weighted by molar-refractivity contribution is 0.239. The zero-order chi connectivity index (χ0) is 27.4. The summed E-state index contributed by atoms with van der Waals surface area (Å²) in [7, 11) is 0.177. The number of carbonyl (C=O) groups is 1. The van der Waals surface area contributed by atoms with Gasteiger partial charge in [0.25, 0.3) is 0 Å². The van der Waals surface area contributed by atoms with Crippen molar-refractivity contribution in [3.05, 3.63) is 48.0 Å². The molecule has 12 nitrogen and oxygen atoms in total. The Kier molecular flexibility index (Phi) is 8.07. The first-order valence-electron chi connectivity index (χ1n) is 12.3. The van der Waals surface area contributed by atoms with Gasteiger partial charge < -0.3 is 30.9 Å². The summed E-state index contributed by atoms with van der Waals surface area (Å²) in [6.45, 7) is 7.04. The molecule has 1 aliphatic heterocycles. The fourth-order valence-electron chi connectivity index (χ4n) is 4.12. The van der Waals surface area contributed by atoms with Gasteiger partial charge >= 0.3 is 6.03 Å². The first kappa shape index (κ1) is 27.2. The average Bonchev–Trinajstić information content (AvgIpc) is 3.27. The molecule has 1 aliphatic rings. The fraction of sp³-hybridized carbons (Fsp3) is 0.400. The van der Waals surface area contributed by atoms with E-state index in [0.29, 0.717) is 17.0 Å². The van der Waals surface area contributed by atoms with Crippen LogP contribution in [0.25, 0.3) is 0 Å². The second-order valence-corrected chi connectivity index (χ2v) is 11.8. The number of anilines is 4. The van der Waals surface area contributed by atoms with Crippen LogP contribution in [0.5, 0.6) is 5.75 Å². The summed E-state index contributed by atoms with van der Waals surface area (Å²) in [6, 6.07) is 11.7. The van der Waals surface area contributed by atoms with Crippen LogP contribution in [-0.4, -0.2) is 79.7 Å². The number of rotatable bonds is 8. The van der Waals surface area contributed by atoms with E-state index in [0.717, 1.165) is 36.5 Å². The number of ether oxygens (including phenoxy) is 1. The Morgan fingerprint density at radius 3 is 2.53 bits per heavy atom. The van der Waals surface area contributed by atoms with Crippen molar-refractivity contribution in [2.75, 3.05) is 56.3 Å². The van der Waals surface area contributed by atoms with Crippen molar-refractivity contribution in [2.24, 2.45) is 0 Å². The number of hydrogen-bond donors (Lipinski definition) is 3. The lowest BCUT2D eigenvalue weighted by Crippen LogP contribution is -2.44. The first-order chi connectivity index (χ1) is 18.1. The zero-order valence-electron chi connectivity index (χ0n) is 22.0. The van der Waals surface area contributed by atoms with E-state index in [4.69, 9.17) is 10.5 Å². The quantitative estimate of drug-likeness (QED) is 0.387. The molecule has 0 radical (unpaired) electrons. The monoisotopic (exact) mass is 542 g/mol. The standard InChI is InChI=1S/C25H34N8O4S/c1-17(2)38(35,36)22-8-6-5-7-18(22)16-27-25(34)33-23(26)29-24(30-33)28-20-10-9-19(15-21(20)37-4)32-13-11-31(3)12-14-32/h5-10,15,17H,11-14,16H2,1-4H3,(H,27,34)(H3,26,28,29,30). The van der Waals surface area contributed by atoms with Crippen molar-refractivity contribution in [3.63, 3.8) is 0 Å². The number of likely N-dealkylation sites (N-methyl/N-ethyl adjacent to an activating group) is 1. The lowest BCUT2D eigenvalue weighted by atomic mass is 10.2. The molecule has 204 valence electrons. The van der Waals surface area contributed by atoms with Gasteiger partial charge in [-0.15, -0.1) is 9.78 Å². The van der Waals surface area contributed by atoms with E-state index < -0.39 is 21.1 Å². The van der Waals surface area contributed by atoms with Gasteiger partial charge in [-0.25, -0.2) is 13.2 Å². The van der Waals surface area contributed by atoms with Crippen molar-refractivity contribution >= 4 is 39.1 Å². The number of sulfone groups is 1. The molecule has 13 heteroatoms. The van der Waals surface area contributed by atoms with Crippen molar-refractivity contribution in [3.8, 4) is 5.75 Å². The second-order valence-electron chi connectivity index (χ2n) is 9.37. The molecule has 2 heterocycles. The van der Waals surface area contributed by atoms with Crippen LogP contribution in [0.1, 0.15) is 19.4 Å². The molecule has 4 rings (SSSR count). The Bertz CT molecular complexity index is 1400. The zero-order valence-corrected chi connectivity index (χ0v) is 22.8. The smallest absolute Gasteiger partial charge is 0.345 e. The van der Waals surface area contributed by atoms with Crippen LogP contribution in [-0.2, 0) is 16.4 Å². The Morgan fingerprint density at radius 1 is 1.13 bits per heavy atom. The average molecular weight is 543 g/mol. The van der Waals surface area contributed by atoms with E-state index >= 15 is 0 Å². The summed E-state index contributed by atoms with van der Waals surface area (Å²) in [4.78, 5) is 21.7. The summed E-state index contributed by atoms with van der Waals surface area (Å²) in [5.41, 5.74) is 8.10. The van der Waals surface area contributed by atoms with Crippen molar-refractivity contribution in [2.45, 2.75) is 30.5 Å². The number of hydrogen-bond acceptors (Lipinski definition) is 10. The number of nitrogens with two attached hydrogens (primary N) is 1. The summed E-state index contributed by atoms with van der Waals surface area (Å²) >= 11 is 0. The number of nitrogens with zero attached hydrogens (tertiary/aromatic N) is 5. The molecular formula is C25H34N8O4S. The van der Waals surface area contributed by atoms with Gasteiger partial charge in [-0.2, -0.15) is 4.98 Å². The number of methoxy groups -OCH3 is 1. The molecule has 2 aromatic carbocycles. The van der Waals surface area contributed by atoms with Crippen molar-refractivity contribution < 1.29 is 17.9 Å². The SMILES string of the molecule is COc1cc(N2CCN(C)CC2)ccc1Nc1nc(N)n(C(=O)NCc2ccccc2S(=O)(=O)C(C)C)n1. The van der Waals surface area contributed by atoms with E-state index in [9.17, 15) is 13.2 Å². The lowest BCUT2D eigenvalue weighted by Gasteiger charge is -2.34. The maximum Gasteiger partial charge on any atom is 0.345 e. The molecule has 4 N–H and O–H groups in total. The predicted octanol–water partition coefficient (Wildman–Crippen LogP) is 2.30. The predicted molar refractivity (Wildman–Crippen MR) is 147 cm³/mol. The molecule has 1 aromatic heterocycles. The molecular weight excluding hydrogens is 508 g/mol. The van der Waals surface area contributed by atoms with Gasteiger partial charge in [0.15, 0.2) is 9.84 Å². The van der Waals surface area contributed by atoms with Gasteiger partial charge in [0, 0.05) is 44.5 Å². The Morgan fingerprint density at radius 2 is 1.84 bits per heavy atom. The third-order valence-corrected chi connectivity index (χ3v) is 8.71. The van der Waals surface area contributed by atoms with Crippen LogP contribution in [0.2, 0.25) is 0 Å². The number of nitrogens with one attached hydrogen (secondary N) is 2. The van der Waals surface area contributed by atoms with Gasteiger partial charge in [-0.05, 0) is 44.7 Å². The van der Waals surface area contributed by atoms with E-state index in [1.54, 1.807) is 39.2 Å². The minimum atomic E-state index is -3.52. The highest BCUT2D eigenvalue weighted by Gasteiger charge is 2.23. The minimum Gasteiger partial charge on any atom is -0.494 e. The van der Waals surface area contributed by atoms with Crippen molar-refractivity contribution in [1.82, 2.24) is 25.0 Å². The summed E-state index contributed by atoms with van der Waals surface area (Å²) in [5.74, 6) is 0.593. The number of amides is 1. The van der Waals surface area contributed by atoms with E-state index in [1.807, 2.05) is 18.2 Å². The van der Waals surface area contributed by atoms with Gasteiger partial charge in [0.1, 0.15) is 5.75 Å². The largest absolute Gasteiger partial charge is 0.494 e. The van der Waals surface area contributed by atoms with Crippen LogP contribution in [0.4, 0.5) is 28.1 Å².